The zero-order valence-corrected chi connectivity index (χ0v) is 19.8. The van der Waals surface area contributed by atoms with Crippen molar-refractivity contribution in [2.75, 3.05) is 11.9 Å². The van der Waals surface area contributed by atoms with Crippen molar-refractivity contribution in [1.82, 2.24) is 29.6 Å². The molecule has 0 saturated heterocycles. The van der Waals surface area contributed by atoms with Crippen LogP contribution < -0.4 is 16.2 Å². The summed E-state index contributed by atoms with van der Waals surface area (Å²) in [6.45, 7) is 10.1. The van der Waals surface area contributed by atoms with Crippen LogP contribution in [0.15, 0.2) is 41.5 Å². The molecule has 4 heterocycles. The molecule has 0 fully saturated rings. The Balaban J connectivity index is 1.61. The Morgan fingerprint density at radius 3 is 2.79 bits per heavy atom. The Morgan fingerprint density at radius 2 is 2.03 bits per heavy atom. The van der Waals surface area contributed by atoms with Crippen LogP contribution in [0, 0.1) is 5.82 Å². The van der Waals surface area contributed by atoms with Crippen molar-refractivity contribution >= 4 is 22.7 Å². The lowest BCUT2D eigenvalue weighted by molar-refractivity contribution is 0.557. The van der Waals surface area contributed by atoms with Gasteiger partial charge < -0.3 is 10.6 Å². The van der Waals surface area contributed by atoms with Crippen LogP contribution in [0.1, 0.15) is 44.5 Å². The highest BCUT2D eigenvalue weighted by atomic mass is 19.1. The van der Waals surface area contributed by atoms with Gasteiger partial charge in [0, 0.05) is 42.3 Å². The normalized spacial score (nSPS) is 13.8. The molecule has 176 valence electrons. The predicted molar refractivity (Wildman–Crippen MR) is 130 cm³/mol. The molecular formula is C25H28FN7O. The zero-order chi connectivity index (χ0) is 24.0. The Bertz CT molecular complexity index is 1450. The molecule has 2 N–H and O–H groups in total. The standard InChI is InChI=1S/C25H28FN7O/c1-5-32-23(34)19-14-29-24(30-16-10-15-13-27-8-7-18(15)20(26)11-16)31-22(19)33(32)17-6-9-28-21(12-17)25(2,3)4/h6,9-12,14,27H,5,7-8,13H2,1-4H3,(H,29,30,31). The van der Waals surface area contributed by atoms with Gasteiger partial charge in [0.2, 0.25) is 5.95 Å². The number of anilines is 2. The van der Waals surface area contributed by atoms with Gasteiger partial charge in [0.05, 0.1) is 5.69 Å². The summed E-state index contributed by atoms with van der Waals surface area (Å²) >= 11 is 0. The average molecular weight is 462 g/mol. The van der Waals surface area contributed by atoms with Crippen molar-refractivity contribution in [3.63, 3.8) is 0 Å². The molecule has 4 aromatic rings. The SMILES string of the molecule is CCn1c(=O)c2cnc(Nc3cc(F)c4c(c3)CNCC4)nc2n1-c1ccnc(C(C)(C)C)c1. The number of aromatic nitrogens is 5. The topological polar surface area (TPSA) is 89.7 Å². The third-order valence-electron chi connectivity index (χ3n) is 6.14. The van der Waals surface area contributed by atoms with Gasteiger partial charge in [-0.25, -0.2) is 18.7 Å². The van der Waals surface area contributed by atoms with Crippen LogP contribution >= 0.6 is 0 Å². The fourth-order valence-electron chi connectivity index (χ4n) is 4.37. The minimum absolute atomic E-state index is 0.149. The first-order valence-corrected chi connectivity index (χ1v) is 11.5. The van der Waals surface area contributed by atoms with E-state index in [2.05, 4.69) is 46.4 Å². The fraction of sp³-hybridized carbons (Fsp3) is 0.360. The lowest BCUT2D eigenvalue weighted by atomic mass is 9.91. The Hall–Kier alpha value is -3.59. The van der Waals surface area contributed by atoms with Gasteiger partial charge in [-0.2, -0.15) is 4.98 Å². The molecular weight excluding hydrogens is 433 g/mol. The van der Waals surface area contributed by atoms with Crippen LogP contribution in [-0.2, 0) is 24.9 Å². The number of nitrogens with one attached hydrogen (secondary N) is 2. The van der Waals surface area contributed by atoms with Crippen molar-refractivity contribution in [1.29, 1.82) is 0 Å². The number of nitrogens with zero attached hydrogens (tertiary/aromatic N) is 5. The number of benzene rings is 1. The van der Waals surface area contributed by atoms with Gasteiger partial charge in [0.1, 0.15) is 11.2 Å². The van der Waals surface area contributed by atoms with Crippen LogP contribution in [-0.4, -0.2) is 30.9 Å². The number of fused-ring (bicyclic) bond motifs is 2. The van der Waals surface area contributed by atoms with Crippen LogP contribution in [0.3, 0.4) is 0 Å². The Kier molecular flexibility index (Phi) is 5.44. The largest absolute Gasteiger partial charge is 0.324 e. The van der Waals surface area contributed by atoms with Crippen LogP contribution in [0.5, 0.6) is 0 Å². The van der Waals surface area contributed by atoms with E-state index in [0.29, 0.717) is 42.2 Å². The fourth-order valence-corrected chi connectivity index (χ4v) is 4.37. The van der Waals surface area contributed by atoms with E-state index >= 15 is 0 Å². The highest BCUT2D eigenvalue weighted by Gasteiger charge is 2.21. The van der Waals surface area contributed by atoms with Gasteiger partial charge >= 0.3 is 0 Å². The van der Waals surface area contributed by atoms with E-state index in [-0.39, 0.29) is 16.8 Å². The van der Waals surface area contributed by atoms with Crippen molar-refractivity contribution in [3.05, 3.63) is 69.7 Å². The molecule has 0 bridgehead atoms. The number of pyridine rings is 1. The van der Waals surface area contributed by atoms with Crippen molar-refractivity contribution in [3.8, 4) is 5.69 Å². The van der Waals surface area contributed by atoms with Crippen LogP contribution in [0.4, 0.5) is 16.0 Å². The minimum Gasteiger partial charge on any atom is -0.324 e. The summed E-state index contributed by atoms with van der Waals surface area (Å²) in [4.78, 5) is 26.6. The average Bonchev–Trinajstić information content (AvgIpc) is 3.09. The minimum atomic E-state index is -0.233. The molecule has 0 spiro atoms. The monoisotopic (exact) mass is 461 g/mol. The second-order valence-corrected chi connectivity index (χ2v) is 9.56. The van der Waals surface area contributed by atoms with Crippen LogP contribution in [0.25, 0.3) is 16.7 Å². The molecule has 1 aromatic carbocycles. The third kappa shape index (κ3) is 3.86. The van der Waals surface area contributed by atoms with Gasteiger partial charge in [-0.3, -0.25) is 9.78 Å². The maximum atomic E-state index is 14.6. The maximum Gasteiger partial charge on any atom is 0.278 e. The summed E-state index contributed by atoms with van der Waals surface area (Å²) in [5.74, 6) is 0.0610. The molecule has 0 unspecified atom stereocenters. The predicted octanol–water partition coefficient (Wildman–Crippen LogP) is 3.82. The van der Waals surface area contributed by atoms with E-state index in [1.54, 1.807) is 15.6 Å². The molecule has 34 heavy (non-hydrogen) atoms. The summed E-state index contributed by atoms with van der Waals surface area (Å²) in [5, 5.41) is 6.81. The molecule has 8 nitrogen and oxygen atoms in total. The summed E-state index contributed by atoms with van der Waals surface area (Å²) in [5.41, 5.74) is 4.12. The molecule has 1 aliphatic heterocycles. The summed E-state index contributed by atoms with van der Waals surface area (Å²) < 4.78 is 18.1. The van der Waals surface area contributed by atoms with Gasteiger partial charge in [0.15, 0.2) is 5.65 Å². The molecule has 0 amide bonds. The van der Waals surface area contributed by atoms with Gasteiger partial charge in [0.25, 0.3) is 5.56 Å². The van der Waals surface area contributed by atoms with Gasteiger partial charge in [-0.05, 0) is 55.3 Å². The molecule has 9 heteroatoms. The van der Waals surface area contributed by atoms with Gasteiger partial charge in [-0.15, -0.1) is 0 Å². The van der Waals surface area contributed by atoms with E-state index < -0.39 is 0 Å². The molecule has 0 atom stereocenters. The summed E-state index contributed by atoms with van der Waals surface area (Å²) in [6, 6.07) is 7.23. The van der Waals surface area contributed by atoms with Gasteiger partial charge in [-0.1, -0.05) is 20.8 Å². The number of rotatable bonds is 4. The maximum absolute atomic E-state index is 14.6. The lowest BCUT2D eigenvalue weighted by Gasteiger charge is -2.19. The highest BCUT2D eigenvalue weighted by Crippen LogP contribution is 2.26. The highest BCUT2D eigenvalue weighted by molar-refractivity contribution is 5.77. The quantitative estimate of drug-likeness (QED) is 0.480. The molecule has 0 saturated carbocycles. The second kappa shape index (κ2) is 8.32. The van der Waals surface area contributed by atoms with E-state index in [0.717, 1.165) is 29.1 Å². The first-order chi connectivity index (χ1) is 16.3. The first kappa shape index (κ1) is 22.2. The molecule has 1 aliphatic rings. The lowest BCUT2D eigenvalue weighted by Crippen LogP contribution is -2.24. The molecule has 5 rings (SSSR count). The molecule has 0 radical (unpaired) electrons. The molecule has 0 aliphatic carbocycles. The number of halogens is 1. The molecule has 3 aromatic heterocycles. The summed E-state index contributed by atoms with van der Waals surface area (Å²) in [7, 11) is 0. The third-order valence-corrected chi connectivity index (χ3v) is 6.14. The van der Waals surface area contributed by atoms with Crippen molar-refractivity contribution in [2.45, 2.75) is 52.6 Å². The van der Waals surface area contributed by atoms with E-state index in [4.69, 9.17) is 0 Å². The smallest absolute Gasteiger partial charge is 0.278 e. The van der Waals surface area contributed by atoms with Crippen molar-refractivity contribution < 1.29 is 4.39 Å². The Morgan fingerprint density at radius 1 is 1.21 bits per heavy atom. The number of hydrogen-bond acceptors (Lipinski definition) is 6. The first-order valence-electron chi connectivity index (χ1n) is 11.5. The number of hydrogen-bond donors (Lipinski definition) is 2. The zero-order valence-electron chi connectivity index (χ0n) is 19.8. The van der Waals surface area contributed by atoms with E-state index in [1.807, 2.05) is 25.1 Å². The van der Waals surface area contributed by atoms with E-state index in [9.17, 15) is 9.18 Å². The summed E-state index contributed by atoms with van der Waals surface area (Å²) in [6.07, 6.45) is 3.94. The Labute approximate surface area is 196 Å². The van der Waals surface area contributed by atoms with E-state index in [1.165, 1.54) is 12.3 Å². The second-order valence-electron chi connectivity index (χ2n) is 9.56. The van der Waals surface area contributed by atoms with Crippen LogP contribution in [0.2, 0.25) is 0 Å². The van der Waals surface area contributed by atoms with Crippen molar-refractivity contribution in [2.24, 2.45) is 0 Å².